The molecule has 24 heavy (non-hydrogen) atoms. The van der Waals surface area contributed by atoms with Crippen LogP contribution in [0.15, 0.2) is 11.6 Å². The summed E-state index contributed by atoms with van der Waals surface area (Å²) in [7, 11) is 0. The van der Waals surface area contributed by atoms with E-state index in [4.69, 9.17) is 25.8 Å². The number of carbonyl (C=O) groups is 1. The van der Waals surface area contributed by atoms with Crippen LogP contribution in [0.3, 0.4) is 0 Å². The van der Waals surface area contributed by atoms with Crippen molar-refractivity contribution in [2.45, 2.75) is 56.7 Å². The Labute approximate surface area is 145 Å². The minimum absolute atomic E-state index is 0.122. The molecule has 3 fully saturated rings. The number of hydrogen-bond donors (Lipinski definition) is 2. The van der Waals surface area contributed by atoms with Crippen LogP contribution in [-0.4, -0.2) is 65.3 Å². The molecule has 2 heterocycles. The number of hydrogen-bond acceptors (Lipinski definition) is 6. The third-order valence-electron chi connectivity index (χ3n) is 6.93. The molecule has 2 saturated heterocycles. The smallest absolute Gasteiger partial charge is 0.321 e. The zero-order valence-electron chi connectivity index (χ0n) is 13.8. The van der Waals surface area contributed by atoms with Crippen LogP contribution in [0.2, 0.25) is 0 Å². The van der Waals surface area contributed by atoms with E-state index in [1.165, 1.54) is 5.57 Å². The van der Waals surface area contributed by atoms with Gasteiger partial charge in [0, 0.05) is 10.8 Å². The predicted molar refractivity (Wildman–Crippen MR) is 84.6 cm³/mol. The maximum Gasteiger partial charge on any atom is 0.321 e. The van der Waals surface area contributed by atoms with Crippen LogP contribution in [0.5, 0.6) is 0 Å². The molecule has 7 atom stereocenters. The summed E-state index contributed by atoms with van der Waals surface area (Å²) in [5.41, 5.74) is -0.955. The lowest BCUT2D eigenvalue weighted by Gasteiger charge is -2.57. The number of fused-ring (bicyclic) bond motifs is 2. The number of alkyl halides is 1. The van der Waals surface area contributed by atoms with E-state index in [1.54, 1.807) is 0 Å². The number of allylic oxidation sites excluding steroid dienone is 1. The Balaban J connectivity index is 1.82. The first-order valence-electron chi connectivity index (χ1n) is 8.37. The number of aliphatic hydroxyl groups is 2. The summed E-state index contributed by atoms with van der Waals surface area (Å²) in [5.74, 6) is -0.877. The van der Waals surface area contributed by atoms with Crippen molar-refractivity contribution in [2.75, 3.05) is 19.1 Å². The van der Waals surface area contributed by atoms with Crippen molar-refractivity contribution in [1.29, 1.82) is 0 Å². The average Bonchev–Trinajstić information content (AvgIpc) is 3.35. The highest BCUT2D eigenvalue weighted by Gasteiger charge is 2.85. The molecule has 4 aliphatic rings. The number of rotatable bonds is 3. The van der Waals surface area contributed by atoms with Gasteiger partial charge in [-0.05, 0) is 19.8 Å². The highest BCUT2D eigenvalue weighted by atomic mass is 35.5. The molecule has 2 aliphatic carbocycles. The van der Waals surface area contributed by atoms with Crippen LogP contribution in [-0.2, 0) is 19.0 Å². The Morgan fingerprint density at radius 3 is 2.83 bits per heavy atom. The Morgan fingerprint density at radius 2 is 2.25 bits per heavy atom. The monoisotopic (exact) mass is 358 g/mol. The second kappa shape index (κ2) is 5.17. The van der Waals surface area contributed by atoms with Gasteiger partial charge in [-0.2, -0.15) is 0 Å². The molecule has 6 nitrogen and oxygen atoms in total. The molecular formula is C17H23ClO6. The molecule has 134 valence electrons. The quantitative estimate of drug-likeness (QED) is 0.335. The van der Waals surface area contributed by atoms with E-state index in [0.717, 1.165) is 6.42 Å². The molecule has 2 bridgehead atoms. The molecule has 7 heteroatoms. The first-order chi connectivity index (χ1) is 11.4. The summed E-state index contributed by atoms with van der Waals surface area (Å²) in [5, 5.41) is 21.5. The van der Waals surface area contributed by atoms with Crippen molar-refractivity contribution in [1.82, 2.24) is 0 Å². The summed E-state index contributed by atoms with van der Waals surface area (Å²) >= 11 is 5.56. The van der Waals surface area contributed by atoms with Crippen LogP contribution in [0, 0.1) is 10.8 Å². The van der Waals surface area contributed by atoms with Gasteiger partial charge in [0.25, 0.3) is 0 Å². The molecule has 0 radical (unpaired) electrons. The first kappa shape index (κ1) is 16.8. The molecule has 7 unspecified atom stereocenters. The van der Waals surface area contributed by atoms with Gasteiger partial charge in [0.05, 0.1) is 19.3 Å². The number of ether oxygens (including phenoxy) is 3. The number of halogens is 1. The van der Waals surface area contributed by atoms with E-state index in [1.807, 2.05) is 19.9 Å². The van der Waals surface area contributed by atoms with Crippen LogP contribution in [0.1, 0.15) is 26.7 Å². The van der Waals surface area contributed by atoms with Gasteiger partial charge in [-0.3, -0.25) is 4.79 Å². The lowest BCUT2D eigenvalue weighted by atomic mass is 9.51. The minimum Gasteiger partial charge on any atom is -0.456 e. The molecule has 0 aromatic rings. The third-order valence-corrected chi connectivity index (χ3v) is 7.15. The number of esters is 1. The Morgan fingerprint density at radius 1 is 1.54 bits per heavy atom. The maximum absolute atomic E-state index is 11.7. The zero-order valence-corrected chi connectivity index (χ0v) is 14.6. The molecule has 1 saturated carbocycles. The van der Waals surface area contributed by atoms with Gasteiger partial charge < -0.3 is 24.4 Å². The van der Waals surface area contributed by atoms with Crippen LogP contribution in [0.25, 0.3) is 0 Å². The van der Waals surface area contributed by atoms with E-state index in [-0.39, 0.29) is 18.6 Å². The van der Waals surface area contributed by atoms with E-state index in [9.17, 15) is 15.0 Å². The van der Waals surface area contributed by atoms with Gasteiger partial charge in [0.1, 0.15) is 23.7 Å². The summed E-state index contributed by atoms with van der Waals surface area (Å²) in [6, 6.07) is 0. The first-order valence-corrected chi connectivity index (χ1v) is 8.91. The van der Waals surface area contributed by atoms with Crippen molar-refractivity contribution in [3.05, 3.63) is 11.6 Å². The molecular weight excluding hydrogens is 336 g/mol. The highest BCUT2D eigenvalue weighted by molar-refractivity contribution is 6.26. The second-order valence-electron chi connectivity index (χ2n) is 7.72. The van der Waals surface area contributed by atoms with Crippen LogP contribution < -0.4 is 0 Å². The number of aliphatic hydroxyl groups excluding tert-OH is 2. The SMILES string of the molecule is CC1=CC2OC3C(OC(=O)CCl)C(O)C(C)(C2(CO)CC1)C31CO1. The second-order valence-corrected chi connectivity index (χ2v) is 7.99. The average molecular weight is 359 g/mol. The Bertz CT molecular complexity index is 602. The van der Waals surface area contributed by atoms with Gasteiger partial charge in [0.15, 0.2) is 6.10 Å². The molecule has 0 amide bonds. The summed E-state index contributed by atoms with van der Waals surface area (Å²) in [6.45, 7) is 4.28. The van der Waals surface area contributed by atoms with Crippen molar-refractivity contribution < 1.29 is 29.2 Å². The normalized spacial score (nSPS) is 52.0. The van der Waals surface area contributed by atoms with E-state index >= 15 is 0 Å². The van der Waals surface area contributed by atoms with Crippen molar-refractivity contribution in [3.63, 3.8) is 0 Å². The topological polar surface area (TPSA) is 88.5 Å². The van der Waals surface area contributed by atoms with Crippen molar-refractivity contribution in [3.8, 4) is 0 Å². The zero-order chi connectivity index (χ0) is 17.3. The highest BCUT2D eigenvalue weighted by Crippen LogP contribution is 2.71. The fourth-order valence-electron chi connectivity index (χ4n) is 5.34. The van der Waals surface area contributed by atoms with Crippen LogP contribution in [0.4, 0.5) is 0 Å². The minimum atomic E-state index is -0.985. The lowest BCUT2D eigenvalue weighted by molar-refractivity contribution is -0.226. The van der Waals surface area contributed by atoms with Crippen molar-refractivity contribution in [2.24, 2.45) is 10.8 Å². The maximum atomic E-state index is 11.7. The van der Waals surface area contributed by atoms with Gasteiger partial charge in [-0.1, -0.05) is 18.6 Å². The van der Waals surface area contributed by atoms with E-state index in [0.29, 0.717) is 13.0 Å². The molecule has 1 spiro atoms. The van der Waals surface area contributed by atoms with E-state index in [2.05, 4.69) is 0 Å². The molecule has 4 rings (SSSR count). The molecule has 0 aromatic heterocycles. The van der Waals surface area contributed by atoms with Gasteiger partial charge >= 0.3 is 5.97 Å². The molecule has 2 aliphatic heterocycles. The molecule has 0 aromatic carbocycles. The lowest BCUT2D eigenvalue weighted by Crippen LogP contribution is -2.66. The fraction of sp³-hybridized carbons (Fsp3) is 0.824. The van der Waals surface area contributed by atoms with Gasteiger partial charge in [0.2, 0.25) is 0 Å². The largest absolute Gasteiger partial charge is 0.456 e. The van der Waals surface area contributed by atoms with Gasteiger partial charge in [-0.15, -0.1) is 11.6 Å². The van der Waals surface area contributed by atoms with Gasteiger partial charge in [-0.25, -0.2) is 0 Å². The number of epoxide rings is 1. The number of carbonyl (C=O) groups excluding carboxylic acids is 1. The summed E-state index contributed by atoms with van der Waals surface area (Å²) < 4.78 is 17.5. The molecule has 2 N–H and O–H groups in total. The van der Waals surface area contributed by atoms with Crippen molar-refractivity contribution >= 4 is 17.6 Å². The summed E-state index contributed by atoms with van der Waals surface area (Å²) in [6.07, 6.45) is 0.825. The fourth-order valence-corrected chi connectivity index (χ4v) is 5.40. The predicted octanol–water partition coefficient (Wildman–Crippen LogP) is 0.773. The van der Waals surface area contributed by atoms with E-state index < -0.39 is 40.7 Å². The van der Waals surface area contributed by atoms with Crippen LogP contribution >= 0.6 is 11.6 Å². The third kappa shape index (κ3) is 1.73. The summed E-state index contributed by atoms with van der Waals surface area (Å²) in [4.78, 5) is 11.7. The Kier molecular flexibility index (Phi) is 3.62. The Hall–Kier alpha value is -0.660. The standard InChI is InChI=1S/C17H23ClO6/c1-9-3-4-16(7-19)10(5-9)23-14-12(24-11(20)6-18)13(21)15(16,2)17(14)8-22-17/h5,10,12-14,19,21H,3-4,6-8H2,1-2H3.